The van der Waals surface area contributed by atoms with E-state index in [0.717, 1.165) is 25.4 Å². The van der Waals surface area contributed by atoms with Crippen LogP contribution in [0.25, 0.3) is 0 Å². The summed E-state index contributed by atoms with van der Waals surface area (Å²) in [6.07, 6.45) is 1.31. The van der Waals surface area contributed by atoms with Crippen molar-refractivity contribution in [1.82, 2.24) is 10.2 Å². The first-order valence-electron chi connectivity index (χ1n) is 8.20. The van der Waals surface area contributed by atoms with Crippen LogP contribution in [0, 0.1) is 0 Å². The van der Waals surface area contributed by atoms with E-state index in [1.54, 1.807) is 0 Å². The molecule has 0 bridgehead atoms. The minimum Gasteiger partial charge on any atom is -0.484 e. The van der Waals surface area contributed by atoms with E-state index < -0.39 is 0 Å². The van der Waals surface area contributed by atoms with Crippen LogP contribution >= 0.6 is 35.9 Å². The van der Waals surface area contributed by atoms with Gasteiger partial charge in [-0.25, -0.2) is 0 Å². The highest BCUT2D eigenvalue weighted by atomic mass is 35.5. The van der Waals surface area contributed by atoms with Crippen molar-refractivity contribution in [3.05, 3.63) is 29.8 Å². The van der Waals surface area contributed by atoms with Crippen LogP contribution in [0.4, 0.5) is 0 Å². The summed E-state index contributed by atoms with van der Waals surface area (Å²) >= 11 is 4.03. The van der Waals surface area contributed by atoms with Crippen molar-refractivity contribution in [2.24, 2.45) is 0 Å². The van der Waals surface area contributed by atoms with Crippen LogP contribution in [0.15, 0.2) is 24.3 Å². The number of nitrogens with zero attached hydrogens (tertiary/aromatic N) is 1. The van der Waals surface area contributed by atoms with Gasteiger partial charge in [-0.1, -0.05) is 12.1 Å². The molecule has 0 aromatic heterocycles. The Bertz CT molecular complexity index is 524. The lowest BCUT2D eigenvalue weighted by Gasteiger charge is -2.33. The fourth-order valence-corrected chi connectivity index (χ4v) is 5.74. The van der Waals surface area contributed by atoms with E-state index in [1.807, 2.05) is 40.6 Å². The van der Waals surface area contributed by atoms with Crippen molar-refractivity contribution >= 4 is 41.8 Å². The molecule has 7 heteroatoms. The number of carbonyl (C=O) groups excluding carboxylic acids is 1. The molecule has 0 spiro atoms. The molecule has 1 aromatic carbocycles. The number of carbonyl (C=O) groups is 1. The van der Waals surface area contributed by atoms with E-state index >= 15 is 0 Å². The first kappa shape index (κ1) is 19.8. The molecule has 0 unspecified atom stereocenters. The molecule has 0 saturated carbocycles. The van der Waals surface area contributed by atoms with Crippen LogP contribution in [-0.2, 0) is 4.79 Å². The lowest BCUT2D eigenvalue weighted by molar-refractivity contribution is -0.136. The average molecular weight is 389 g/mol. The van der Waals surface area contributed by atoms with Crippen molar-refractivity contribution in [1.29, 1.82) is 0 Å². The number of thioether (sulfide) groups is 2. The number of hydrogen-bond donors (Lipinski definition) is 1. The summed E-state index contributed by atoms with van der Waals surface area (Å²) in [6.45, 7) is 4.67. The third-order valence-electron chi connectivity index (χ3n) is 4.16. The van der Waals surface area contributed by atoms with Gasteiger partial charge < -0.3 is 15.0 Å². The van der Waals surface area contributed by atoms with Gasteiger partial charge in [-0.3, -0.25) is 4.79 Å². The Hall–Kier alpha value is -0.560. The summed E-state index contributed by atoms with van der Waals surface area (Å²) < 4.78 is 6.23. The molecule has 4 nitrogen and oxygen atoms in total. The third kappa shape index (κ3) is 5.22. The van der Waals surface area contributed by atoms with E-state index in [1.165, 1.54) is 23.5 Å². The number of piperazine rings is 1. The van der Waals surface area contributed by atoms with Gasteiger partial charge in [0.2, 0.25) is 0 Å². The summed E-state index contributed by atoms with van der Waals surface area (Å²) in [5.74, 6) is 3.33. The van der Waals surface area contributed by atoms with Gasteiger partial charge in [-0.05, 0) is 42.5 Å². The number of rotatable bonds is 4. The number of nitrogens with one attached hydrogen (secondary N) is 1. The standard InChI is InChI=1S/C17H24N2O2S2.ClH/c1-13-11-18-7-8-19(13)16(20)12-21-15-5-3-14(4-6-15)17-22-9-2-10-23-17;/h3-6,13,17-18H,2,7-12H2,1H3;1H/t13-;/m1./s1. The van der Waals surface area contributed by atoms with Crippen LogP contribution in [0.1, 0.15) is 23.5 Å². The minimum atomic E-state index is 0. The highest BCUT2D eigenvalue weighted by Gasteiger charge is 2.23. The van der Waals surface area contributed by atoms with Gasteiger partial charge in [0.25, 0.3) is 5.91 Å². The Morgan fingerprint density at radius 1 is 1.29 bits per heavy atom. The van der Waals surface area contributed by atoms with E-state index in [2.05, 4.69) is 24.4 Å². The zero-order valence-electron chi connectivity index (χ0n) is 13.9. The molecular formula is C17H25ClN2O2S2. The van der Waals surface area contributed by atoms with Crippen molar-refractivity contribution in [3.8, 4) is 5.75 Å². The van der Waals surface area contributed by atoms with Gasteiger partial charge in [0.1, 0.15) is 5.75 Å². The Balaban J connectivity index is 0.00000208. The predicted octanol–water partition coefficient (Wildman–Crippen LogP) is 3.18. The van der Waals surface area contributed by atoms with Gasteiger partial charge in [0.05, 0.1) is 4.58 Å². The number of halogens is 1. The molecule has 0 radical (unpaired) electrons. The quantitative estimate of drug-likeness (QED) is 0.857. The Labute approximate surface area is 158 Å². The van der Waals surface area contributed by atoms with Gasteiger partial charge in [-0.15, -0.1) is 35.9 Å². The molecular weight excluding hydrogens is 364 g/mol. The molecule has 24 heavy (non-hydrogen) atoms. The molecule has 2 heterocycles. The molecule has 3 rings (SSSR count). The third-order valence-corrected chi connectivity index (χ3v) is 7.18. The van der Waals surface area contributed by atoms with Gasteiger partial charge in [0.15, 0.2) is 6.61 Å². The topological polar surface area (TPSA) is 41.6 Å². The Morgan fingerprint density at radius 3 is 2.67 bits per heavy atom. The number of hydrogen-bond acceptors (Lipinski definition) is 5. The van der Waals surface area contributed by atoms with E-state index in [4.69, 9.17) is 4.74 Å². The summed E-state index contributed by atoms with van der Waals surface area (Å²) in [5, 5.41) is 3.29. The molecule has 2 aliphatic heterocycles. The van der Waals surface area contributed by atoms with E-state index in [-0.39, 0.29) is 31.0 Å². The molecule has 0 aliphatic carbocycles. The maximum Gasteiger partial charge on any atom is 0.260 e. The maximum atomic E-state index is 12.3. The average Bonchev–Trinajstić information content (AvgIpc) is 2.61. The van der Waals surface area contributed by atoms with E-state index in [0.29, 0.717) is 4.58 Å². The van der Waals surface area contributed by atoms with Gasteiger partial charge >= 0.3 is 0 Å². The van der Waals surface area contributed by atoms with Crippen LogP contribution in [0.5, 0.6) is 5.75 Å². The summed E-state index contributed by atoms with van der Waals surface area (Å²) in [5.41, 5.74) is 1.34. The Kier molecular flexibility index (Phi) is 8.07. The number of ether oxygens (including phenoxy) is 1. The van der Waals surface area contributed by atoms with Crippen molar-refractivity contribution in [2.45, 2.75) is 24.0 Å². The first-order chi connectivity index (χ1) is 11.2. The fraction of sp³-hybridized carbons (Fsp3) is 0.588. The monoisotopic (exact) mass is 388 g/mol. The van der Waals surface area contributed by atoms with Crippen LogP contribution in [0.2, 0.25) is 0 Å². The van der Waals surface area contributed by atoms with Crippen molar-refractivity contribution < 1.29 is 9.53 Å². The molecule has 2 saturated heterocycles. The summed E-state index contributed by atoms with van der Waals surface area (Å²) in [6, 6.07) is 8.47. The lowest BCUT2D eigenvalue weighted by atomic mass is 10.2. The Morgan fingerprint density at radius 2 is 2.00 bits per heavy atom. The first-order valence-corrected chi connectivity index (χ1v) is 10.3. The smallest absolute Gasteiger partial charge is 0.260 e. The largest absolute Gasteiger partial charge is 0.484 e. The van der Waals surface area contributed by atoms with Crippen LogP contribution in [0.3, 0.4) is 0 Å². The molecule has 1 amide bonds. The van der Waals surface area contributed by atoms with Gasteiger partial charge in [-0.2, -0.15) is 0 Å². The molecule has 2 aliphatic rings. The molecule has 1 atom stereocenters. The van der Waals surface area contributed by atoms with Gasteiger partial charge in [0, 0.05) is 25.7 Å². The maximum absolute atomic E-state index is 12.3. The minimum absolute atomic E-state index is 0. The van der Waals surface area contributed by atoms with E-state index in [9.17, 15) is 4.79 Å². The fourth-order valence-electron chi connectivity index (χ4n) is 2.84. The molecule has 134 valence electrons. The van der Waals surface area contributed by atoms with Crippen LogP contribution in [-0.4, -0.2) is 54.6 Å². The number of benzene rings is 1. The SMILES string of the molecule is C[C@@H]1CNCCN1C(=O)COc1ccc(C2SCCCS2)cc1.Cl. The second kappa shape index (κ2) is 9.80. The normalized spacial score (nSPS) is 21.9. The lowest BCUT2D eigenvalue weighted by Crippen LogP contribution is -2.53. The van der Waals surface area contributed by atoms with Crippen molar-refractivity contribution in [2.75, 3.05) is 37.7 Å². The highest BCUT2D eigenvalue weighted by Crippen LogP contribution is 2.43. The summed E-state index contributed by atoms with van der Waals surface area (Å²) in [4.78, 5) is 14.2. The number of amides is 1. The van der Waals surface area contributed by atoms with Crippen LogP contribution < -0.4 is 10.1 Å². The second-order valence-corrected chi connectivity index (χ2v) is 8.65. The predicted molar refractivity (Wildman–Crippen MR) is 106 cm³/mol. The molecule has 2 fully saturated rings. The molecule has 1 aromatic rings. The second-order valence-electron chi connectivity index (χ2n) is 5.93. The molecule has 1 N–H and O–H groups in total. The zero-order chi connectivity index (χ0) is 16.1. The highest BCUT2D eigenvalue weighted by molar-refractivity contribution is 8.16. The summed E-state index contributed by atoms with van der Waals surface area (Å²) in [7, 11) is 0. The zero-order valence-corrected chi connectivity index (χ0v) is 16.4. The van der Waals surface area contributed by atoms with Crippen molar-refractivity contribution in [3.63, 3.8) is 0 Å².